The number of anilines is 2. The molecular weight excluding hydrogens is 329 g/mol. The molecule has 2 N–H and O–H groups in total. The number of rotatable bonds is 6. The Morgan fingerprint density at radius 3 is 2.50 bits per heavy atom. The van der Waals surface area contributed by atoms with Crippen molar-refractivity contribution in [2.75, 3.05) is 17.2 Å². The molecule has 0 aliphatic heterocycles. The fourth-order valence-corrected chi connectivity index (χ4v) is 2.51. The van der Waals surface area contributed by atoms with E-state index in [4.69, 9.17) is 0 Å². The predicted octanol–water partition coefficient (Wildman–Crippen LogP) is 4.44. The smallest absolute Gasteiger partial charge is 0.256 e. The van der Waals surface area contributed by atoms with Crippen molar-refractivity contribution in [3.8, 4) is 0 Å². The van der Waals surface area contributed by atoms with Crippen LogP contribution in [0.15, 0.2) is 66.9 Å². The summed E-state index contributed by atoms with van der Waals surface area (Å²) in [5.41, 5.74) is 3.18. The molecule has 26 heavy (non-hydrogen) atoms. The van der Waals surface area contributed by atoms with Crippen molar-refractivity contribution in [3.63, 3.8) is 0 Å². The first-order valence-corrected chi connectivity index (χ1v) is 8.43. The molecule has 0 saturated carbocycles. The Bertz CT molecular complexity index is 877. The number of aromatic nitrogens is 1. The van der Waals surface area contributed by atoms with Crippen LogP contribution in [0, 0.1) is 12.7 Å². The average Bonchev–Trinajstić information content (AvgIpc) is 2.65. The summed E-state index contributed by atoms with van der Waals surface area (Å²) in [5, 5.41) is 5.96. The lowest BCUT2D eigenvalue weighted by Crippen LogP contribution is -2.13. The fourth-order valence-electron chi connectivity index (χ4n) is 2.51. The molecule has 2 aromatic carbocycles. The SMILES string of the molecule is Cc1ccc(C(=O)Nc2ccc(NCCc3ccccc3F)cn2)cc1. The second-order valence-corrected chi connectivity index (χ2v) is 6.02. The zero-order valence-electron chi connectivity index (χ0n) is 14.5. The molecule has 3 aromatic rings. The Hall–Kier alpha value is -3.21. The number of pyridine rings is 1. The first kappa shape index (κ1) is 17.6. The van der Waals surface area contributed by atoms with Crippen molar-refractivity contribution in [1.82, 2.24) is 4.98 Å². The third-order valence-corrected chi connectivity index (χ3v) is 4.00. The molecule has 1 amide bonds. The zero-order valence-corrected chi connectivity index (χ0v) is 14.5. The number of carbonyl (C=O) groups is 1. The van der Waals surface area contributed by atoms with Gasteiger partial charge in [-0.3, -0.25) is 4.79 Å². The molecule has 132 valence electrons. The number of carbonyl (C=O) groups excluding carboxylic acids is 1. The van der Waals surface area contributed by atoms with E-state index in [0.717, 1.165) is 11.3 Å². The van der Waals surface area contributed by atoms with E-state index in [2.05, 4.69) is 15.6 Å². The van der Waals surface area contributed by atoms with Gasteiger partial charge in [-0.25, -0.2) is 9.37 Å². The maximum absolute atomic E-state index is 13.6. The number of hydrogen-bond acceptors (Lipinski definition) is 3. The van der Waals surface area contributed by atoms with Gasteiger partial charge in [0.2, 0.25) is 0 Å². The minimum absolute atomic E-state index is 0.193. The minimum Gasteiger partial charge on any atom is -0.383 e. The molecule has 0 radical (unpaired) electrons. The van der Waals surface area contributed by atoms with Gasteiger partial charge in [0, 0.05) is 12.1 Å². The molecule has 1 heterocycles. The second-order valence-electron chi connectivity index (χ2n) is 6.02. The Morgan fingerprint density at radius 1 is 1.04 bits per heavy atom. The van der Waals surface area contributed by atoms with Gasteiger partial charge in [0.25, 0.3) is 5.91 Å². The molecule has 0 spiro atoms. The highest BCUT2D eigenvalue weighted by Crippen LogP contribution is 2.13. The summed E-state index contributed by atoms with van der Waals surface area (Å²) in [7, 11) is 0. The van der Waals surface area contributed by atoms with Crippen molar-refractivity contribution < 1.29 is 9.18 Å². The lowest BCUT2D eigenvalue weighted by atomic mass is 10.1. The van der Waals surface area contributed by atoms with Crippen LogP contribution in [-0.2, 0) is 6.42 Å². The number of hydrogen-bond donors (Lipinski definition) is 2. The Kier molecular flexibility index (Phi) is 5.59. The average molecular weight is 349 g/mol. The fraction of sp³-hybridized carbons (Fsp3) is 0.143. The topological polar surface area (TPSA) is 54.0 Å². The summed E-state index contributed by atoms with van der Waals surface area (Å²) in [6, 6.07) is 17.7. The van der Waals surface area contributed by atoms with Gasteiger partial charge < -0.3 is 10.6 Å². The number of benzene rings is 2. The number of amides is 1. The first-order valence-electron chi connectivity index (χ1n) is 8.43. The quantitative estimate of drug-likeness (QED) is 0.692. The van der Waals surface area contributed by atoms with Crippen LogP contribution in [-0.4, -0.2) is 17.4 Å². The lowest BCUT2D eigenvalue weighted by molar-refractivity contribution is 0.102. The highest BCUT2D eigenvalue weighted by Gasteiger charge is 2.06. The first-order chi connectivity index (χ1) is 12.6. The van der Waals surface area contributed by atoms with Crippen LogP contribution in [0.3, 0.4) is 0 Å². The van der Waals surface area contributed by atoms with Crippen LogP contribution in [0.1, 0.15) is 21.5 Å². The van der Waals surface area contributed by atoms with E-state index in [9.17, 15) is 9.18 Å². The summed E-state index contributed by atoms with van der Waals surface area (Å²) in [6.07, 6.45) is 2.23. The Labute approximate surface area is 152 Å². The molecule has 1 aromatic heterocycles. The van der Waals surface area contributed by atoms with E-state index in [1.54, 1.807) is 36.5 Å². The summed E-state index contributed by atoms with van der Waals surface area (Å²) in [5.74, 6) is 0.0922. The molecule has 3 rings (SSSR count). The number of aryl methyl sites for hydroxylation is 1. The van der Waals surface area contributed by atoms with E-state index < -0.39 is 0 Å². The summed E-state index contributed by atoms with van der Waals surface area (Å²) < 4.78 is 13.6. The Balaban J connectivity index is 1.52. The van der Waals surface area contributed by atoms with Crippen LogP contribution >= 0.6 is 0 Å². The van der Waals surface area contributed by atoms with E-state index in [1.807, 2.05) is 31.2 Å². The monoisotopic (exact) mass is 349 g/mol. The van der Waals surface area contributed by atoms with Crippen molar-refractivity contribution in [3.05, 3.63) is 89.4 Å². The second kappa shape index (κ2) is 8.25. The lowest BCUT2D eigenvalue weighted by Gasteiger charge is -2.08. The molecule has 4 nitrogen and oxygen atoms in total. The highest BCUT2D eigenvalue weighted by atomic mass is 19.1. The molecule has 0 atom stereocenters. The van der Waals surface area contributed by atoms with Crippen molar-refractivity contribution in [2.45, 2.75) is 13.3 Å². The highest BCUT2D eigenvalue weighted by molar-refractivity contribution is 6.03. The van der Waals surface area contributed by atoms with Gasteiger partial charge in [0.15, 0.2) is 0 Å². The third kappa shape index (κ3) is 4.66. The molecule has 5 heteroatoms. The zero-order chi connectivity index (χ0) is 18.4. The van der Waals surface area contributed by atoms with Crippen LogP contribution < -0.4 is 10.6 Å². The molecule has 0 saturated heterocycles. The standard InChI is InChI=1S/C21H20FN3O/c1-15-6-8-17(9-7-15)21(26)25-20-11-10-18(14-24-20)23-13-12-16-4-2-3-5-19(16)22/h2-11,14,23H,12-13H2,1H3,(H,24,25,26). The normalized spacial score (nSPS) is 10.4. The number of halogens is 1. The van der Waals surface area contributed by atoms with Gasteiger partial charge in [-0.1, -0.05) is 35.9 Å². The van der Waals surface area contributed by atoms with Gasteiger partial charge in [0.1, 0.15) is 11.6 Å². The number of nitrogens with one attached hydrogen (secondary N) is 2. The van der Waals surface area contributed by atoms with Gasteiger partial charge in [0.05, 0.1) is 11.9 Å². The van der Waals surface area contributed by atoms with Gasteiger partial charge >= 0.3 is 0 Å². The maximum atomic E-state index is 13.6. The number of nitrogens with zero attached hydrogens (tertiary/aromatic N) is 1. The maximum Gasteiger partial charge on any atom is 0.256 e. The summed E-state index contributed by atoms with van der Waals surface area (Å²) in [4.78, 5) is 16.4. The summed E-state index contributed by atoms with van der Waals surface area (Å²) >= 11 is 0. The molecular formula is C21H20FN3O. The third-order valence-electron chi connectivity index (χ3n) is 4.00. The van der Waals surface area contributed by atoms with Crippen LogP contribution in [0.25, 0.3) is 0 Å². The van der Waals surface area contributed by atoms with E-state index in [1.165, 1.54) is 6.07 Å². The molecule has 0 bridgehead atoms. The minimum atomic E-state index is -0.197. The predicted molar refractivity (Wildman–Crippen MR) is 102 cm³/mol. The largest absolute Gasteiger partial charge is 0.383 e. The molecule has 0 aliphatic carbocycles. The van der Waals surface area contributed by atoms with Gasteiger partial charge in [-0.2, -0.15) is 0 Å². The summed E-state index contributed by atoms with van der Waals surface area (Å²) in [6.45, 7) is 2.57. The van der Waals surface area contributed by atoms with Gasteiger partial charge in [-0.05, 0) is 49.2 Å². The van der Waals surface area contributed by atoms with Crippen LogP contribution in [0.4, 0.5) is 15.9 Å². The molecule has 0 aliphatic rings. The van der Waals surface area contributed by atoms with Crippen molar-refractivity contribution in [1.29, 1.82) is 0 Å². The van der Waals surface area contributed by atoms with Crippen molar-refractivity contribution >= 4 is 17.4 Å². The van der Waals surface area contributed by atoms with Gasteiger partial charge in [-0.15, -0.1) is 0 Å². The van der Waals surface area contributed by atoms with Crippen LogP contribution in [0.5, 0.6) is 0 Å². The molecule has 0 unspecified atom stereocenters. The van der Waals surface area contributed by atoms with E-state index >= 15 is 0 Å². The van der Waals surface area contributed by atoms with E-state index in [-0.39, 0.29) is 11.7 Å². The van der Waals surface area contributed by atoms with Crippen LogP contribution in [0.2, 0.25) is 0 Å². The van der Waals surface area contributed by atoms with E-state index in [0.29, 0.717) is 29.9 Å². The van der Waals surface area contributed by atoms with Crippen molar-refractivity contribution in [2.24, 2.45) is 0 Å². The molecule has 0 fully saturated rings. The Morgan fingerprint density at radius 2 is 1.81 bits per heavy atom.